The number of carbonyl (C=O) groups is 2. The Morgan fingerprint density at radius 2 is 1.89 bits per heavy atom. The number of hydrogen-bond donors (Lipinski definition) is 3. The number of aryl methyl sites for hydroxylation is 1. The van der Waals surface area contributed by atoms with Crippen molar-refractivity contribution in [2.75, 3.05) is 12.3 Å². The quantitative estimate of drug-likeness (QED) is 0.613. The van der Waals surface area contributed by atoms with Crippen molar-refractivity contribution in [1.29, 1.82) is 0 Å². The molecule has 150 valence electrons. The lowest BCUT2D eigenvalue weighted by atomic mass is 10.0. The molecule has 2 fully saturated rings. The molecule has 1 atom stereocenters. The van der Waals surface area contributed by atoms with Crippen LogP contribution in [0.4, 0.5) is 0 Å². The number of rotatable bonds is 7. The molecule has 2 aliphatic rings. The highest BCUT2D eigenvalue weighted by atomic mass is 32.2. The number of sulfone groups is 1. The molecule has 10 heteroatoms. The molecule has 3 rings (SSSR count). The van der Waals surface area contributed by atoms with E-state index in [1.807, 2.05) is 0 Å². The summed E-state index contributed by atoms with van der Waals surface area (Å²) >= 11 is 0. The van der Waals surface area contributed by atoms with Crippen molar-refractivity contribution in [3.8, 4) is 0 Å². The Bertz CT molecular complexity index is 770. The van der Waals surface area contributed by atoms with Gasteiger partial charge in [0.25, 0.3) is 5.16 Å². The predicted octanol–water partition coefficient (Wildman–Crippen LogP) is 0.486. The number of aromatic amines is 1. The van der Waals surface area contributed by atoms with E-state index >= 15 is 0 Å². The van der Waals surface area contributed by atoms with E-state index in [2.05, 4.69) is 25.8 Å². The van der Waals surface area contributed by atoms with Crippen molar-refractivity contribution in [3.63, 3.8) is 0 Å². The molecule has 0 unspecified atom stereocenters. The highest BCUT2D eigenvalue weighted by Gasteiger charge is 2.28. The molecule has 3 N–H and O–H groups in total. The van der Waals surface area contributed by atoms with Crippen molar-refractivity contribution in [2.45, 2.75) is 69.0 Å². The maximum atomic E-state index is 12.4. The third-order valence-electron chi connectivity index (χ3n) is 5.25. The van der Waals surface area contributed by atoms with E-state index in [4.69, 9.17) is 0 Å². The van der Waals surface area contributed by atoms with Gasteiger partial charge in [0.1, 0.15) is 17.6 Å². The predicted molar refractivity (Wildman–Crippen MR) is 97.5 cm³/mol. The van der Waals surface area contributed by atoms with E-state index in [0.717, 1.165) is 19.3 Å². The van der Waals surface area contributed by atoms with Gasteiger partial charge in [-0.05, 0) is 31.6 Å². The van der Waals surface area contributed by atoms with Crippen LogP contribution in [0, 0.1) is 5.92 Å². The molecule has 1 aromatic heterocycles. The van der Waals surface area contributed by atoms with Gasteiger partial charge in [0.2, 0.25) is 21.7 Å². The summed E-state index contributed by atoms with van der Waals surface area (Å²) in [4.78, 5) is 28.1. The molecule has 0 spiro atoms. The summed E-state index contributed by atoms with van der Waals surface area (Å²) in [5, 5.41) is 11.3. The van der Waals surface area contributed by atoms with Gasteiger partial charge in [0.05, 0.1) is 0 Å². The lowest BCUT2D eigenvalue weighted by molar-refractivity contribution is -0.127. The largest absolute Gasteiger partial charge is 0.354 e. The van der Waals surface area contributed by atoms with Gasteiger partial charge in [0.15, 0.2) is 0 Å². The van der Waals surface area contributed by atoms with Crippen LogP contribution in [0.5, 0.6) is 0 Å². The van der Waals surface area contributed by atoms with E-state index in [1.165, 1.54) is 25.7 Å². The number of nitrogens with one attached hydrogen (secondary N) is 3. The fourth-order valence-corrected chi connectivity index (χ4v) is 4.71. The van der Waals surface area contributed by atoms with Gasteiger partial charge in [-0.15, -0.1) is 5.10 Å². The van der Waals surface area contributed by atoms with Crippen LogP contribution in [-0.4, -0.2) is 53.8 Å². The first-order valence-corrected chi connectivity index (χ1v) is 11.3. The van der Waals surface area contributed by atoms with Crippen molar-refractivity contribution in [2.24, 2.45) is 5.92 Å². The number of aromatic nitrogens is 3. The van der Waals surface area contributed by atoms with E-state index in [1.54, 1.807) is 0 Å². The monoisotopic (exact) mass is 397 g/mol. The minimum Gasteiger partial charge on any atom is -0.354 e. The average molecular weight is 398 g/mol. The van der Waals surface area contributed by atoms with Crippen molar-refractivity contribution in [1.82, 2.24) is 25.8 Å². The van der Waals surface area contributed by atoms with Gasteiger partial charge < -0.3 is 10.6 Å². The van der Waals surface area contributed by atoms with E-state index in [9.17, 15) is 18.0 Å². The van der Waals surface area contributed by atoms with Gasteiger partial charge in [0, 0.05) is 13.0 Å². The van der Waals surface area contributed by atoms with Crippen LogP contribution in [0.3, 0.4) is 0 Å². The number of hydrogen-bond acceptors (Lipinski definition) is 6. The molecule has 1 aliphatic carbocycles. The van der Waals surface area contributed by atoms with E-state index < -0.39 is 27.5 Å². The first kappa shape index (κ1) is 19.8. The maximum absolute atomic E-state index is 12.4. The van der Waals surface area contributed by atoms with E-state index in [-0.39, 0.29) is 11.1 Å². The van der Waals surface area contributed by atoms with Gasteiger partial charge in [-0.2, -0.15) is 0 Å². The normalized spacial score (nSPS) is 21.6. The lowest BCUT2D eigenvalue weighted by Gasteiger charge is -2.14. The van der Waals surface area contributed by atoms with Crippen LogP contribution < -0.4 is 10.6 Å². The fraction of sp³-hybridized carbons (Fsp3) is 0.765. The Morgan fingerprint density at radius 1 is 1.15 bits per heavy atom. The van der Waals surface area contributed by atoms with Crippen molar-refractivity contribution < 1.29 is 18.0 Å². The molecule has 1 aromatic rings. The van der Waals surface area contributed by atoms with Crippen molar-refractivity contribution >= 4 is 21.7 Å². The number of nitrogens with zero attached hydrogens (tertiary/aromatic N) is 2. The van der Waals surface area contributed by atoms with Crippen LogP contribution in [-0.2, 0) is 25.8 Å². The zero-order valence-electron chi connectivity index (χ0n) is 15.4. The molecule has 2 heterocycles. The molecular formula is C17H27N5O4S. The van der Waals surface area contributed by atoms with Gasteiger partial charge in [-0.1, -0.05) is 25.7 Å². The molecule has 27 heavy (non-hydrogen) atoms. The molecule has 1 saturated carbocycles. The minimum absolute atomic E-state index is 0.273. The second kappa shape index (κ2) is 8.81. The zero-order valence-corrected chi connectivity index (χ0v) is 16.2. The third kappa shape index (κ3) is 5.50. The zero-order chi connectivity index (χ0) is 19.3. The Hall–Kier alpha value is -1.97. The fourth-order valence-electron chi connectivity index (χ4n) is 3.72. The Kier molecular flexibility index (Phi) is 6.46. The van der Waals surface area contributed by atoms with Crippen LogP contribution in [0.25, 0.3) is 0 Å². The molecular weight excluding hydrogens is 370 g/mol. The third-order valence-corrected chi connectivity index (χ3v) is 6.63. The second-order valence-corrected chi connectivity index (χ2v) is 9.30. The highest BCUT2D eigenvalue weighted by Crippen LogP contribution is 2.28. The molecule has 2 amide bonds. The first-order chi connectivity index (χ1) is 12.9. The Labute approximate surface area is 159 Å². The lowest BCUT2D eigenvalue weighted by Crippen LogP contribution is -2.47. The standard InChI is InChI=1S/C17H27N5O4S/c23-15(19-13-7-3-4-10-18-16(13)24)11-27(25,26)17-20-14(21-22-17)9-8-12-5-1-2-6-12/h12-13H,1-11H2,(H,18,24)(H,19,23)(H,20,21,22)/t13-/m1/s1. The summed E-state index contributed by atoms with van der Waals surface area (Å²) in [6.45, 7) is 0.574. The molecule has 0 radical (unpaired) electrons. The van der Waals surface area contributed by atoms with Gasteiger partial charge in [-0.25, -0.2) is 13.4 Å². The molecule has 1 saturated heterocycles. The second-order valence-electron chi connectivity index (χ2n) is 7.42. The summed E-state index contributed by atoms with van der Waals surface area (Å²) in [6, 6.07) is -0.690. The van der Waals surface area contributed by atoms with Crippen LogP contribution in [0.1, 0.15) is 57.2 Å². The summed E-state index contributed by atoms with van der Waals surface area (Å²) in [6.07, 6.45) is 8.71. The SMILES string of the molecule is O=C(CS(=O)(=O)c1n[nH]c(CCC2CCCC2)n1)N[C@@H]1CCCCNC1=O. The minimum atomic E-state index is -3.95. The molecule has 1 aliphatic heterocycles. The molecule has 9 nitrogen and oxygen atoms in total. The maximum Gasteiger partial charge on any atom is 0.267 e. The summed E-state index contributed by atoms with van der Waals surface area (Å²) in [7, 11) is -3.95. The summed E-state index contributed by atoms with van der Waals surface area (Å²) < 4.78 is 24.8. The van der Waals surface area contributed by atoms with Crippen molar-refractivity contribution in [3.05, 3.63) is 5.82 Å². The number of amides is 2. The Balaban J connectivity index is 1.54. The van der Waals surface area contributed by atoms with Gasteiger partial charge in [-0.3, -0.25) is 14.7 Å². The van der Waals surface area contributed by atoms with E-state index in [0.29, 0.717) is 31.1 Å². The topological polar surface area (TPSA) is 134 Å². The van der Waals surface area contributed by atoms with Crippen LogP contribution in [0.15, 0.2) is 5.16 Å². The molecule has 0 aromatic carbocycles. The Morgan fingerprint density at radius 3 is 2.67 bits per heavy atom. The summed E-state index contributed by atoms with van der Waals surface area (Å²) in [5.41, 5.74) is 0. The highest BCUT2D eigenvalue weighted by molar-refractivity contribution is 7.91. The summed E-state index contributed by atoms with van der Waals surface area (Å²) in [5.74, 6) is -0.549. The average Bonchev–Trinajstić information content (AvgIpc) is 3.26. The smallest absolute Gasteiger partial charge is 0.267 e. The number of H-pyrrole nitrogens is 1. The molecule has 0 bridgehead atoms. The van der Waals surface area contributed by atoms with Gasteiger partial charge >= 0.3 is 0 Å². The first-order valence-electron chi connectivity index (χ1n) is 9.65. The number of carbonyl (C=O) groups excluding carboxylic acids is 2. The van der Waals surface area contributed by atoms with Crippen LogP contribution >= 0.6 is 0 Å². The van der Waals surface area contributed by atoms with Crippen LogP contribution in [0.2, 0.25) is 0 Å².